The van der Waals surface area contributed by atoms with E-state index in [1.807, 2.05) is 0 Å². The second-order valence-corrected chi connectivity index (χ2v) is 4.79. The molecule has 0 saturated carbocycles. The normalized spacial score (nSPS) is 10.1. The number of hydrogen-bond acceptors (Lipinski definition) is 3. The van der Waals surface area contributed by atoms with Gasteiger partial charge in [-0.2, -0.15) is 0 Å². The molecule has 0 atom stereocenters. The Morgan fingerprint density at radius 1 is 1.10 bits per heavy atom. The monoisotopic (exact) mass is 304 g/mol. The Morgan fingerprint density at radius 2 is 1.71 bits per heavy atom. The SMILES string of the molecule is NC(=O)c1ccc(OCc2ccc(C(N)=S)cc2F)cc1. The Bertz CT molecular complexity index is 687. The zero-order valence-corrected chi connectivity index (χ0v) is 11.8. The molecule has 0 aromatic heterocycles. The fourth-order valence-electron chi connectivity index (χ4n) is 1.69. The zero-order valence-electron chi connectivity index (χ0n) is 11.0. The van der Waals surface area contributed by atoms with Crippen LogP contribution in [0.15, 0.2) is 42.5 Å². The molecule has 2 aromatic carbocycles. The summed E-state index contributed by atoms with van der Waals surface area (Å²) in [7, 11) is 0. The molecule has 2 rings (SSSR count). The standard InChI is InChI=1S/C15H13FN2O2S/c16-13-7-10(15(18)21)1-2-11(13)8-20-12-5-3-9(4-6-12)14(17)19/h1-7H,8H2,(H2,17,19)(H2,18,21). The van der Waals surface area contributed by atoms with Crippen LogP contribution in [0.5, 0.6) is 5.75 Å². The lowest BCUT2D eigenvalue weighted by atomic mass is 10.1. The molecule has 0 aliphatic carbocycles. The maximum atomic E-state index is 13.8. The summed E-state index contributed by atoms with van der Waals surface area (Å²) in [6.45, 7) is 0.0549. The van der Waals surface area contributed by atoms with Crippen molar-refractivity contribution >= 4 is 23.1 Å². The third-order valence-corrected chi connectivity index (χ3v) is 3.11. The number of amides is 1. The third-order valence-electron chi connectivity index (χ3n) is 2.87. The molecule has 0 saturated heterocycles. The number of carbonyl (C=O) groups is 1. The zero-order chi connectivity index (χ0) is 15.4. The van der Waals surface area contributed by atoms with E-state index in [1.165, 1.54) is 6.07 Å². The summed E-state index contributed by atoms with van der Waals surface area (Å²) in [6, 6.07) is 10.8. The van der Waals surface area contributed by atoms with Crippen molar-refractivity contribution in [2.24, 2.45) is 11.5 Å². The smallest absolute Gasteiger partial charge is 0.248 e. The molecule has 0 unspecified atom stereocenters. The minimum atomic E-state index is -0.513. The van der Waals surface area contributed by atoms with E-state index in [-0.39, 0.29) is 11.6 Å². The number of thiocarbonyl (C=S) groups is 1. The minimum Gasteiger partial charge on any atom is -0.489 e. The average molecular weight is 304 g/mol. The molecule has 0 fully saturated rings. The van der Waals surface area contributed by atoms with E-state index in [1.54, 1.807) is 36.4 Å². The van der Waals surface area contributed by atoms with Crippen LogP contribution in [-0.2, 0) is 6.61 Å². The Hall–Kier alpha value is -2.47. The van der Waals surface area contributed by atoms with Crippen molar-refractivity contribution in [3.63, 3.8) is 0 Å². The van der Waals surface area contributed by atoms with Gasteiger partial charge in [-0.05, 0) is 30.3 Å². The van der Waals surface area contributed by atoms with Crippen LogP contribution in [0, 0.1) is 5.82 Å². The highest BCUT2D eigenvalue weighted by molar-refractivity contribution is 7.80. The van der Waals surface area contributed by atoms with E-state index in [0.29, 0.717) is 22.4 Å². The van der Waals surface area contributed by atoms with Gasteiger partial charge in [0, 0.05) is 16.7 Å². The van der Waals surface area contributed by atoms with Crippen LogP contribution < -0.4 is 16.2 Å². The molecule has 0 bridgehead atoms. The van der Waals surface area contributed by atoms with E-state index in [4.69, 9.17) is 28.4 Å². The Morgan fingerprint density at radius 3 is 2.24 bits per heavy atom. The van der Waals surface area contributed by atoms with E-state index < -0.39 is 11.7 Å². The Balaban J connectivity index is 2.06. The van der Waals surface area contributed by atoms with Gasteiger partial charge in [0.1, 0.15) is 23.2 Å². The van der Waals surface area contributed by atoms with Crippen LogP contribution in [0.2, 0.25) is 0 Å². The average Bonchev–Trinajstić information content (AvgIpc) is 2.46. The second kappa shape index (κ2) is 6.32. The Kier molecular flexibility index (Phi) is 4.49. The first-order chi connectivity index (χ1) is 9.97. The summed E-state index contributed by atoms with van der Waals surface area (Å²) in [5.41, 5.74) is 11.8. The number of halogens is 1. The van der Waals surface area contributed by atoms with Gasteiger partial charge in [0.25, 0.3) is 0 Å². The van der Waals surface area contributed by atoms with E-state index >= 15 is 0 Å². The maximum Gasteiger partial charge on any atom is 0.248 e. The van der Waals surface area contributed by atoms with Crippen molar-refractivity contribution in [2.45, 2.75) is 6.61 Å². The van der Waals surface area contributed by atoms with E-state index in [2.05, 4.69) is 0 Å². The number of carbonyl (C=O) groups excluding carboxylic acids is 1. The van der Waals surface area contributed by atoms with Crippen LogP contribution in [-0.4, -0.2) is 10.9 Å². The summed E-state index contributed by atoms with van der Waals surface area (Å²) in [5.74, 6) is -0.437. The highest BCUT2D eigenvalue weighted by atomic mass is 32.1. The van der Waals surface area contributed by atoms with Gasteiger partial charge in [0.05, 0.1) is 0 Å². The largest absolute Gasteiger partial charge is 0.489 e. The van der Waals surface area contributed by atoms with Gasteiger partial charge in [-0.15, -0.1) is 0 Å². The van der Waals surface area contributed by atoms with Gasteiger partial charge in [0.2, 0.25) is 5.91 Å². The van der Waals surface area contributed by atoms with Crippen LogP contribution in [0.25, 0.3) is 0 Å². The number of nitrogens with two attached hydrogens (primary N) is 2. The molecule has 21 heavy (non-hydrogen) atoms. The maximum absolute atomic E-state index is 13.8. The predicted molar refractivity (Wildman–Crippen MR) is 81.6 cm³/mol. The summed E-state index contributed by atoms with van der Waals surface area (Å²) < 4.78 is 19.3. The fraction of sp³-hybridized carbons (Fsp3) is 0.0667. The lowest BCUT2D eigenvalue weighted by molar-refractivity contribution is 0.100. The molecule has 108 valence electrons. The van der Waals surface area contributed by atoms with Crippen LogP contribution >= 0.6 is 12.2 Å². The topological polar surface area (TPSA) is 78.3 Å². The van der Waals surface area contributed by atoms with Gasteiger partial charge in [0.15, 0.2) is 0 Å². The highest BCUT2D eigenvalue weighted by Crippen LogP contribution is 2.16. The second-order valence-electron chi connectivity index (χ2n) is 4.35. The predicted octanol–water partition coefficient (Wildman–Crippen LogP) is 2.14. The van der Waals surface area contributed by atoms with Crippen LogP contribution in [0.1, 0.15) is 21.5 Å². The van der Waals surface area contributed by atoms with Gasteiger partial charge >= 0.3 is 0 Å². The van der Waals surface area contributed by atoms with E-state index in [9.17, 15) is 9.18 Å². The van der Waals surface area contributed by atoms with Crippen molar-refractivity contribution in [1.29, 1.82) is 0 Å². The molecule has 0 aliphatic rings. The molecule has 4 N–H and O–H groups in total. The minimum absolute atomic E-state index is 0.0549. The van der Waals surface area contributed by atoms with E-state index in [0.717, 1.165) is 0 Å². The number of benzene rings is 2. The van der Waals surface area contributed by atoms with Crippen molar-refractivity contribution in [2.75, 3.05) is 0 Å². The van der Waals surface area contributed by atoms with Crippen molar-refractivity contribution in [3.8, 4) is 5.75 Å². The molecule has 1 amide bonds. The van der Waals surface area contributed by atoms with Crippen LogP contribution in [0.3, 0.4) is 0 Å². The van der Waals surface area contributed by atoms with Gasteiger partial charge < -0.3 is 16.2 Å². The molecule has 2 aromatic rings. The van der Waals surface area contributed by atoms with Crippen LogP contribution in [0.4, 0.5) is 4.39 Å². The molecule has 6 heteroatoms. The van der Waals surface area contributed by atoms with Gasteiger partial charge in [-0.3, -0.25) is 4.79 Å². The van der Waals surface area contributed by atoms with Crippen molar-refractivity contribution in [1.82, 2.24) is 0 Å². The number of hydrogen-bond donors (Lipinski definition) is 2. The first-order valence-electron chi connectivity index (χ1n) is 6.08. The lowest BCUT2D eigenvalue weighted by Crippen LogP contribution is -2.11. The summed E-state index contributed by atoms with van der Waals surface area (Å²) in [5, 5.41) is 0. The molecule has 0 heterocycles. The van der Waals surface area contributed by atoms with Gasteiger partial charge in [-0.1, -0.05) is 24.4 Å². The molecule has 0 radical (unpaired) electrons. The summed E-state index contributed by atoms with van der Waals surface area (Å²) in [4.78, 5) is 11.1. The Labute approximate surface area is 126 Å². The highest BCUT2D eigenvalue weighted by Gasteiger charge is 2.06. The molecule has 0 aliphatic heterocycles. The van der Waals surface area contributed by atoms with Crippen molar-refractivity contribution < 1.29 is 13.9 Å². The number of rotatable bonds is 5. The summed E-state index contributed by atoms with van der Waals surface area (Å²) >= 11 is 4.78. The molecular formula is C15H13FN2O2S. The first-order valence-corrected chi connectivity index (χ1v) is 6.49. The molecule has 0 spiro atoms. The quantitative estimate of drug-likeness (QED) is 0.830. The first kappa shape index (κ1) is 14.9. The fourth-order valence-corrected chi connectivity index (χ4v) is 1.82. The number of primary amides is 1. The third kappa shape index (κ3) is 3.76. The number of ether oxygens (including phenoxy) is 1. The molecule has 4 nitrogen and oxygen atoms in total. The van der Waals surface area contributed by atoms with Gasteiger partial charge in [-0.25, -0.2) is 4.39 Å². The summed E-state index contributed by atoms with van der Waals surface area (Å²) in [6.07, 6.45) is 0. The van der Waals surface area contributed by atoms with Crippen molar-refractivity contribution in [3.05, 3.63) is 65.0 Å². The lowest BCUT2D eigenvalue weighted by Gasteiger charge is -2.08. The molecular weight excluding hydrogens is 291 g/mol.